The number of nitriles is 1. The summed E-state index contributed by atoms with van der Waals surface area (Å²) in [6.45, 7) is 5.28. The topological polar surface area (TPSA) is 82.2 Å². The second kappa shape index (κ2) is 7.73. The van der Waals surface area contributed by atoms with Gasteiger partial charge in [0.2, 0.25) is 5.91 Å². The van der Waals surface area contributed by atoms with E-state index < -0.39 is 0 Å². The zero-order valence-electron chi connectivity index (χ0n) is 11.7. The third kappa shape index (κ3) is 5.08. The Morgan fingerprint density at radius 2 is 2.30 bits per heavy atom. The molecule has 20 heavy (non-hydrogen) atoms. The second-order valence-electron chi connectivity index (χ2n) is 4.64. The molecule has 5 nitrogen and oxygen atoms in total. The van der Waals surface area contributed by atoms with Gasteiger partial charge in [-0.25, -0.2) is 0 Å². The van der Waals surface area contributed by atoms with E-state index >= 15 is 0 Å². The van der Waals surface area contributed by atoms with E-state index in [9.17, 15) is 4.79 Å². The molecule has 0 spiro atoms. The number of benzene rings is 1. The predicted octanol–water partition coefficient (Wildman–Crippen LogP) is 2.34. The van der Waals surface area contributed by atoms with Crippen molar-refractivity contribution in [1.29, 1.82) is 5.26 Å². The van der Waals surface area contributed by atoms with E-state index in [1.807, 2.05) is 18.7 Å². The molecule has 0 aromatic heterocycles. The number of likely N-dealkylation sites (N-methyl/N-ethyl adjacent to an activating group) is 1. The van der Waals surface area contributed by atoms with Gasteiger partial charge in [0.1, 0.15) is 0 Å². The Bertz CT molecular complexity index is 512. The smallest absolute Gasteiger partial charge is 0.238 e. The van der Waals surface area contributed by atoms with Crippen molar-refractivity contribution >= 4 is 28.9 Å². The van der Waals surface area contributed by atoms with Crippen molar-refractivity contribution in [2.75, 3.05) is 30.7 Å². The zero-order valence-corrected chi connectivity index (χ0v) is 12.4. The molecule has 1 rings (SSSR count). The van der Waals surface area contributed by atoms with Crippen LogP contribution in [0.5, 0.6) is 0 Å². The number of nitrogens with one attached hydrogen (secondary N) is 1. The Balaban J connectivity index is 2.60. The number of nitrogens with two attached hydrogens (primary N) is 1. The van der Waals surface area contributed by atoms with Crippen molar-refractivity contribution in [1.82, 2.24) is 4.90 Å². The highest BCUT2D eigenvalue weighted by Gasteiger charge is 2.13. The highest BCUT2D eigenvalue weighted by atomic mass is 35.5. The molecule has 0 aliphatic heterocycles. The van der Waals surface area contributed by atoms with Gasteiger partial charge in [0, 0.05) is 11.6 Å². The minimum Gasteiger partial charge on any atom is -0.397 e. The molecule has 0 heterocycles. The number of nitrogen functional groups attached to an aromatic ring is 1. The number of hydrogen-bond acceptors (Lipinski definition) is 4. The van der Waals surface area contributed by atoms with Crippen LogP contribution in [0, 0.1) is 17.2 Å². The molecule has 0 saturated heterocycles. The normalized spacial score (nSPS) is 11.9. The number of nitrogens with zero attached hydrogens (tertiary/aromatic N) is 2. The van der Waals surface area contributed by atoms with Crippen molar-refractivity contribution in [2.45, 2.75) is 13.8 Å². The van der Waals surface area contributed by atoms with Gasteiger partial charge < -0.3 is 11.1 Å². The number of halogens is 1. The number of anilines is 2. The fraction of sp³-hybridized carbons (Fsp3) is 0.429. The molecule has 0 fully saturated rings. The highest BCUT2D eigenvalue weighted by molar-refractivity contribution is 6.31. The molecule has 6 heteroatoms. The summed E-state index contributed by atoms with van der Waals surface area (Å²) in [5.41, 5.74) is 6.75. The number of rotatable bonds is 6. The first kappa shape index (κ1) is 16.3. The second-order valence-corrected chi connectivity index (χ2v) is 5.07. The summed E-state index contributed by atoms with van der Waals surface area (Å²) in [5.74, 6) is -0.269. The summed E-state index contributed by atoms with van der Waals surface area (Å²) in [7, 11) is 0. The van der Waals surface area contributed by atoms with E-state index in [4.69, 9.17) is 22.6 Å². The Labute approximate surface area is 124 Å². The molecular formula is C14H19ClN4O. The molecule has 1 aromatic carbocycles. The largest absolute Gasteiger partial charge is 0.397 e. The molecule has 0 aliphatic carbocycles. The average Bonchev–Trinajstić information content (AvgIpc) is 2.41. The molecular weight excluding hydrogens is 276 g/mol. The van der Waals surface area contributed by atoms with Crippen LogP contribution in [0.1, 0.15) is 13.8 Å². The lowest BCUT2D eigenvalue weighted by atomic mass is 10.2. The molecule has 108 valence electrons. The van der Waals surface area contributed by atoms with Crippen molar-refractivity contribution in [3.05, 3.63) is 23.2 Å². The van der Waals surface area contributed by atoms with Crippen LogP contribution < -0.4 is 11.1 Å². The van der Waals surface area contributed by atoms with Gasteiger partial charge in [-0.2, -0.15) is 5.26 Å². The van der Waals surface area contributed by atoms with Gasteiger partial charge in [-0.1, -0.05) is 18.5 Å². The van der Waals surface area contributed by atoms with Crippen LogP contribution in [-0.4, -0.2) is 30.4 Å². The minimum absolute atomic E-state index is 0.108. The van der Waals surface area contributed by atoms with Crippen LogP contribution in [0.3, 0.4) is 0 Å². The predicted molar refractivity (Wildman–Crippen MR) is 81.4 cm³/mol. The monoisotopic (exact) mass is 294 g/mol. The average molecular weight is 295 g/mol. The van der Waals surface area contributed by atoms with Gasteiger partial charge in [0.05, 0.1) is 29.9 Å². The first-order valence-electron chi connectivity index (χ1n) is 6.43. The fourth-order valence-electron chi connectivity index (χ4n) is 1.77. The number of amides is 1. The maximum absolute atomic E-state index is 12.0. The minimum atomic E-state index is -0.161. The van der Waals surface area contributed by atoms with Gasteiger partial charge in [0.25, 0.3) is 0 Å². The third-order valence-electron chi connectivity index (χ3n) is 2.85. The van der Waals surface area contributed by atoms with Crippen molar-refractivity contribution < 1.29 is 4.79 Å². The van der Waals surface area contributed by atoms with Crippen molar-refractivity contribution in [3.8, 4) is 6.07 Å². The summed E-state index contributed by atoms with van der Waals surface area (Å²) in [4.78, 5) is 13.9. The molecule has 0 aliphatic rings. The van der Waals surface area contributed by atoms with E-state index in [-0.39, 0.29) is 18.4 Å². The van der Waals surface area contributed by atoms with Crippen molar-refractivity contribution in [3.63, 3.8) is 0 Å². The molecule has 1 aromatic rings. The first-order chi connectivity index (χ1) is 9.46. The summed E-state index contributed by atoms with van der Waals surface area (Å²) in [6, 6.07) is 7.09. The van der Waals surface area contributed by atoms with E-state index in [0.29, 0.717) is 29.5 Å². The van der Waals surface area contributed by atoms with Crippen LogP contribution in [0.2, 0.25) is 5.02 Å². The SMILES string of the molecule is CCN(CC(=O)Nc1ccc(Cl)cc1N)CC(C)C#N. The van der Waals surface area contributed by atoms with Crippen LogP contribution in [0.4, 0.5) is 11.4 Å². The molecule has 3 N–H and O–H groups in total. The Kier molecular flexibility index (Phi) is 6.29. The Hall–Kier alpha value is -1.77. The lowest BCUT2D eigenvalue weighted by molar-refractivity contribution is -0.117. The standard InChI is InChI=1S/C14H19ClN4O/c1-3-19(8-10(2)7-16)9-14(20)18-13-5-4-11(15)6-12(13)17/h4-6,10H,3,8-9,17H2,1-2H3,(H,18,20). The van der Waals surface area contributed by atoms with E-state index in [1.54, 1.807) is 18.2 Å². The van der Waals surface area contributed by atoms with Gasteiger partial charge in [-0.3, -0.25) is 9.69 Å². The quantitative estimate of drug-likeness (QED) is 0.789. The van der Waals surface area contributed by atoms with Gasteiger partial charge in [0.15, 0.2) is 0 Å². The molecule has 1 amide bonds. The zero-order chi connectivity index (χ0) is 15.1. The van der Waals surface area contributed by atoms with Gasteiger partial charge >= 0.3 is 0 Å². The van der Waals surface area contributed by atoms with E-state index in [1.165, 1.54) is 0 Å². The van der Waals surface area contributed by atoms with Gasteiger partial charge in [-0.15, -0.1) is 0 Å². The lowest BCUT2D eigenvalue weighted by Crippen LogP contribution is -2.35. The van der Waals surface area contributed by atoms with Crippen LogP contribution >= 0.6 is 11.6 Å². The number of carbonyl (C=O) groups is 1. The Morgan fingerprint density at radius 3 is 2.85 bits per heavy atom. The molecule has 1 unspecified atom stereocenters. The van der Waals surface area contributed by atoms with Crippen molar-refractivity contribution in [2.24, 2.45) is 5.92 Å². The summed E-state index contributed by atoms with van der Waals surface area (Å²) < 4.78 is 0. The molecule has 1 atom stereocenters. The third-order valence-corrected chi connectivity index (χ3v) is 3.09. The van der Waals surface area contributed by atoms with E-state index in [2.05, 4.69) is 11.4 Å². The van der Waals surface area contributed by atoms with Gasteiger partial charge in [-0.05, 0) is 31.7 Å². The van der Waals surface area contributed by atoms with Crippen LogP contribution in [-0.2, 0) is 4.79 Å². The Morgan fingerprint density at radius 1 is 1.60 bits per heavy atom. The lowest BCUT2D eigenvalue weighted by Gasteiger charge is -2.21. The maximum atomic E-state index is 12.0. The fourth-order valence-corrected chi connectivity index (χ4v) is 1.95. The summed E-state index contributed by atoms with van der Waals surface area (Å²) in [5, 5.41) is 12.1. The summed E-state index contributed by atoms with van der Waals surface area (Å²) in [6.07, 6.45) is 0. The number of carbonyl (C=O) groups excluding carboxylic acids is 1. The van der Waals surface area contributed by atoms with E-state index in [0.717, 1.165) is 0 Å². The summed E-state index contributed by atoms with van der Waals surface area (Å²) >= 11 is 5.80. The first-order valence-corrected chi connectivity index (χ1v) is 6.81. The van der Waals surface area contributed by atoms with Crippen LogP contribution in [0.25, 0.3) is 0 Å². The molecule has 0 bridgehead atoms. The molecule has 0 saturated carbocycles. The number of hydrogen-bond donors (Lipinski definition) is 2. The van der Waals surface area contributed by atoms with Crippen LogP contribution in [0.15, 0.2) is 18.2 Å². The highest BCUT2D eigenvalue weighted by Crippen LogP contribution is 2.22. The molecule has 0 radical (unpaired) electrons. The maximum Gasteiger partial charge on any atom is 0.238 e.